The molecule has 0 aromatic carbocycles. The SMILES string of the molecule is CCN1CCC(C/C=C\S(=O)(=O)Cl)CC1. The lowest BCUT2D eigenvalue weighted by molar-refractivity contribution is 0.193. The van der Waals surface area contributed by atoms with E-state index in [1.807, 2.05) is 0 Å². The minimum atomic E-state index is -3.46. The highest BCUT2D eigenvalue weighted by Crippen LogP contribution is 2.20. The fourth-order valence-electron chi connectivity index (χ4n) is 1.90. The quantitative estimate of drug-likeness (QED) is 0.719. The Bertz CT molecular complexity index is 305. The normalized spacial score (nSPS) is 21.2. The molecule has 88 valence electrons. The fraction of sp³-hybridized carbons (Fsp3) is 0.800. The van der Waals surface area contributed by atoms with Crippen molar-refractivity contribution in [2.45, 2.75) is 26.2 Å². The van der Waals surface area contributed by atoms with E-state index in [0.717, 1.165) is 44.3 Å². The minimum Gasteiger partial charge on any atom is -0.304 e. The Kier molecular flexibility index (Phi) is 5.09. The third-order valence-corrected chi connectivity index (χ3v) is 3.71. The molecule has 0 N–H and O–H groups in total. The molecule has 1 rings (SSSR count). The summed E-state index contributed by atoms with van der Waals surface area (Å²) in [5, 5.41) is 1.10. The highest BCUT2D eigenvalue weighted by Gasteiger charge is 2.16. The largest absolute Gasteiger partial charge is 0.304 e. The van der Waals surface area contributed by atoms with Gasteiger partial charge in [-0.3, -0.25) is 0 Å². The van der Waals surface area contributed by atoms with Gasteiger partial charge in [0.05, 0.1) is 0 Å². The lowest BCUT2D eigenvalue weighted by Gasteiger charge is -2.30. The second-order valence-corrected chi connectivity index (χ2v) is 6.47. The van der Waals surface area contributed by atoms with Crippen molar-refractivity contribution in [1.29, 1.82) is 0 Å². The summed E-state index contributed by atoms with van der Waals surface area (Å²) in [7, 11) is 1.61. The molecular formula is C10H18ClNO2S. The Morgan fingerprint density at radius 3 is 2.47 bits per heavy atom. The van der Waals surface area contributed by atoms with E-state index < -0.39 is 9.05 Å². The number of piperidine rings is 1. The summed E-state index contributed by atoms with van der Waals surface area (Å²) in [4.78, 5) is 2.42. The van der Waals surface area contributed by atoms with Crippen LogP contribution in [0.4, 0.5) is 0 Å². The second-order valence-electron chi connectivity index (χ2n) is 3.96. The van der Waals surface area contributed by atoms with E-state index in [4.69, 9.17) is 10.7 Å². The van der Waals surface area contributed by atoms with Gasteiger partial charge < -0.3 is 4.90 Å². The van der Waals surface area contributed by atoms with Crippen molar-refractivity contribution in [1.82, 2.24) is 4.90 Å². The Labute approximate surface area is 96.5 Å². The lowest BCUT2D eigenvalue weighted by Crippen LogP contribution is -2.33. The van der Waals surface area contributed by atoms with Crippen LogP contribution in [0.15, 0.2) is 11.5 Å². The first-order valence-corrected chi connectivity index (χ1v) is 7.72. The zero-order chi connectivity index (χ0) is 11.3. The predicted molar refractivity (Wildman–Crippen MR) is 63.4 cm³/mol. The summed E-state index contributed by atoms with van der Waals surface area (Å²) in [6.07, 6.45) is 4.80. The Morgan fingerprint density at radius 1 is 1.40 bits per heavy atom. The van der Waals surface area contributed by atoms with Crippen LogP contribution in [0, 0.1) is 5.92 Å². The molecule has 5 heteroatoms. The summed E-state index contributed by atoms with van der Waals surface area (Å²) in [5.74, 6) is 0.613. The zero-order valence-electron chi connectivity index (χ0n) is 9.02. The fourth-order valence-corrected chi connectivity index (χ4v) is 2.46. The van der Waals surface area contributed by atoms with Gasteiger partial charge in [-0.1, -0.05) is 13.0 Å². The van der Waals surface area contributed by atoms with E-state index in [0.29, 0.717) is 5.92 Å². The summed E-state index contributed by atoms with van der Waals surface area (Å²) < 4.78 is 21.3. The number of hydrogen-bond donors (Lipinski definition) is 0. The highest BCUT2D eigenvalue weighted by molar-refractivity contribution is 8.16. The molecule has 3 nitrogen and oxygen atoms in total. The number of rotatable bonds is 4. The molecule has 0 radical (unpaired) electrons. The topological polar surface area (TPSA) is 37.4 Å². The van der Waals surface area contributed by atoms with Crippen LogP contribution in [0.5, 0.6) is 0 Å². The first-order chi connectivity index (χ1) is 7.01. The molecule has 1 aliphatic heterocycles. The monoisotopic (exact) mass is 251 g/mol. The molecule has 15 heavy (non-hydrogen) atoms. The third-order valence-electron chi connectivity index (χ3n) is 2.88. The summed E-state index contributed by atoms with van der Waals surface area (Å²) >= 11 is 0. The Hall–Kier alpha value is -0.0600. The maximum Gasteiger partial charge on any atom is 0.254 e. The molecule has 0 aromatic rings. The average Bonchev–Trinajstić information content (AvgIpc) is 2.17. The molecule has 1 heterocycles. The van der Waals surface area contributed by atoms with Gasteiger partial charge in [-0.2, -0.15) is 0 Å². The zero-order valence-corrected chi connectivity index (χ0v) is 10.6. The van der Waals surface area contributed by atoms with E-state index in [-0.39, 0.29) is 0 Å². The van der Waals surface area contributed by atoms with Gasteiger partial charge in [-0.15, -0.1) is 0 Å². The van der Waals surface area contributed by atoms with Gasteiger partial charge in [0.2, 0.25) is 0 Å². The van der Waals surface area contributed by atoms with E-state index in [2.05, 4.69) is 11.8 Å². The van der Waals surface area contributed by atoms with Crippen LogP contribution in [0.1, 0.15) is 26.2 Å². The van der Waals surface area contributed by atoms with Crippen LogP contribution in [0.2, 0.25) is 0 Å². The molecule has 0 aromatic heterocycles. The third kappa shape index (κ3) is 5.54. The molecule has 1 saturated heterocycles. The molecule has 0 unspecified atom stereocenters. The molecule has 0 saturated carbocycles. The molecule has 1 aliphatic rings. The van der Waals surface area contributed by atoms with Gasteiger partial charge in [0, 0.05) is 16.1 Å². The van der Waals surface area contributed by atoms with Crippen LogP contribution >= 0.6 is 10.7 Å². The number of allylic oxidation sites excluding steroid dienone is 1. The van der Waals surface area contributed by atoms with Crippen molar-refractivity contribution in [3.63, 3.8) is 0 Å². The predicted octanol–water partition coefficient (Wildman–Crippen LogP) is 2.19. The molecule has 0 spiro atoms. The summed E-state index contributed by atoms with van der Waals surface area (Å²) in [6, 6.07) is 0. The molecule has 0 amide bonds. The average molecular weight is 252 g/mol. The van der Waals surface area contributed by atoms with Crippen LogP contribution in [0.25, 0.3) is 0 Å². The van der Waals surface area contributed by atoms with Gasteiger partial charge in [0.1, 0.15) is 0 Å². The Morgan fingerprint density at radius 2 is 2.00 bits per heavy atom. The number of nitrogens with zero attached hydrogens (tertiary/aromatic N) is 1. The highest BCUT2D eigenvalue weighted by atomic mass is 35.7. The summed E-state index contributed by atoms with van der Waals surface area (Å²) in [6.45, 7) is 5.53. The van der Waals surface area contributed by atoms with Crippen molar-refractivity contribution < 1.29 is 8.42 Å². The molecule has 0 aliphatic carbocycles. The standard InChI is InChI=1S/C10H18ClNO2S/c1-2-12-7-5-10(6-8-12)4-3-9-15(11,13)14/h3,9-10H,2,4-8H2,1H3/b9-3-. The van der Waals surface area contributed by atoms with E-state index >= 15 is 0 Å². The van der Waals surface area contributed by atoms with E-state index in [1.165, 1.54) is 0 Å². The molecular weight excluding hydrogens is 234 g/mol. The van der Waals surface area contributed by atoms with E-state index in [9.17, 15) is 8.42 Å². The first kappa shape index (κ1) is 13.0. The number of halogens is 1. The lowest BCUT2D eigenvalue weighted by atomic mass is 9.94. The van der Waals surface area contributed by atoms with Crippen molar-refractivity contribution >= 4 is 19.7 Å². The van der Waals surface area contributed by atoms with Crippen molar-refractivity contribution in [2.24, 2.45) is 5.92 Å². The van der Waals surface area contributed by atoms with Gasteiger partial charge in [-0.05, 0) is 44.8 Å². The van der Waals surface area contributed by atoms with E-state index in [1.54, 1.807) is 6.08 Å². The maximum absolute atomic E-state index is 10.6. The minimum absolute atomic E-state index is 0.613. The summed E-state index contributed by atoms with van der Waals surface area (Å²) in [5.41, 5.74) is 0. The smallest absolute Gasteiger partial charge is 0.254 e. The maximum atomic E-state index is 10.6. The van der Waals surface area contributed by atoms with Crippen molar-refractivity contribution in [3.05, 3.63) is 11.5 Å². The van der Waals surface area contributed by atoms with Crippen LogP contribution < -0.4 is 0 Å². The van der Waals surface area contributed by atoms with Crippen LogP contribution in [0.3, 0.4) is 0 Å². The van der Waals surface area contributed by atoms with Gasteiger partial charge in [-0.25, -0.2) is 8.42 Å². The van der Waals surface area contributed by atoms with Gasteiger partial charge >= 0.3 is 0 Å². The van der Waals surface area contributed by atoms with Gasteiger partial charge in [0.25, 0.3) is 9.05 Å². The molecule has 0 atom stereocenters. The number of likely N-dealkylation sites (tertiary alicyclic amines) is 1. The molecule has 0 bridgehead atoms. The number of hydrogen-bond acceptors (Lipinski definition) is 3. The Balaban J connectivity index is 2.28. The second kappa shape index (κ2) is 5.87. The van der Waals surface area contributed by atoms with Crippen LogP contribution in [-0.2, 0) is 9.05 Å². The first-order valence-electron chi connectivity index (χ1n) is 5.35. The van der Waals surface area contributed by atoms with Crippen LogP contribution in [-0.4, -0.2) is 33.0 Å². The van der Waals surface area contributed by atoms with Crippen molar-refractivity contribution in [2.75, 3.05) is 19.6 Å². The van der Waals surface area contributed by atoms with Gasteiger partial charge in [0.15, 0.2) is 0 Å². The van der Waals surface area contributed by atoms with Crippen molar-refractivity contribution in [3.8, 4) is 0 Å². The molecule has 1 fully saturated rings.